The molecule has 4 heterocycles. The molecular formula is C22H26N6O. The monoisotopic (exact) mass is 390 g/mol. The van der Waals surface area contributed by atoms with Gasteiger partial charge in [-0.15, -0.1) is 10.2 Å². The summed E-state index contributed by atoms with van der Waals surface area (Å²) in [7, 11) is 2.12. The van der Waals surface area contributed by atoms with E-state index in [1.54, 1.807) is 16.9 Å². The Morgan fingerprint density at radius 1 is 1.10 bits per heavy atom. The van der Waals surface area contributed by atoms with Crippen molar-refractivity contribution in [3.63, 3.8) is 0 Å². The van der Waals surface area contributed by atoms with Crippen molar-refractivity contribution in [3.05, 3.63) is 48.8 Å². The van der Waals surface area contributed by atoms with Gasteiger partial charge in [0.25, 0.3) is 0 Å². The summed E-state index contributed by atoms with van der Waals surface area (Å²) in [6, 6.07) is 13.0. The van der Waals surface area contributed by atoms with Crippen molar-refractivity contribution in [2.75, 3.05) is 11.9 Å². The Hall–Kier alpha value is -2.93. The minimum atomic E-state index is 0.166. The highest BCUT2D eigenvalue weighted by atomic mass is 16.3. The average Bonchev–Trinajstić information content (AvgIpc) is 3.28. The zero-order valence-corrected chi connectivity index (χ0v) is 16.6. The van der Waals surface area contributed by atoms with Crippen molar-refractivity contribution in [2.45, 2.75) is 50.2 Å². The van der Waals surface area contributed by atoms with Crippen molar-refractivity contribution >= 4 is 5.82 Å². The van der Waals surface area contributed by atoms with E-state index >= 15 is 0 Å². The van der Waals surface area contributed by atoms with Crippen LogP contribution < -0.4 is 10.2 Å². The third-order valence-electron chi connectivity index (χ3n) is 6.28. The van der Waals surface area contributed by atoms with Crippen molar-refractivity contribution in [2.24, 2.45) is 0 Å². The maximum Gasteiger partial charge on any atom is 0.151 e. The Kier molecular flexibility index (Phi) is 4.67. The first-order valence-corrected chi connectivity index (χ1v) is 10.3. The maximum absolute atomic E-state index is 10.5. The van der Waals surface area contributed by atoms with Gasteiger partial charge < -0.3 is 15.3 Å². The molecule has 2 bridgehead atoms. The van der Waals surface area contributed by atoms with E-state index in [4.69, 9.17) is 0 Å². The molecule has 2 N–H and O–H groups in total. The van der Waals surface area contributed by atoms with Crippen LogP contribution in [0.5, 0.6) is 5.75 Å². The number of nitrogens with zero attached hydrogens (tertiary/aromatic N) is 5. The minimum Gasteiger partial charge on any atom is -0.507 e. The van der Waals surface area contributed by atoms with Crippen LogP contribution in [0.15, 0.2) is 48.8 Å². The van der Waals surface area contributed by atoms with Gasteiger partial charge in [-0.05, 0) is 56.0 Å². The van der Waals surface area contributed by atoms with Gasteiger partial charge in [-0.25, -0.2) is 4.68 Å². The molecule has 7 nitrogen and oxygen atoms in total. The summed E-state index contributed by atoms with van der Waals surface area (Å²) in [5.74, 6) is 1.05. The number of aromatic nitrogens is 4. The maximum atomic E-state index is 10.5. The predicted octanol–water partition coefficient (Wildman–Crippen LogP) is 3.14. The molecule has 5 rings (SSSR count). The van der Waals surface area contributed by atoms with Crippen LogP contribution in [0.2, 0.25) is 0 Å². The molecule has 2 saturated heterocycles. The fraction of sp³-hybridized carbons (Fsp3) is 0.409. The molecule has 0 unspecified atom stereocenters. The topological polar surface area (TPSA) is 79.1 Å². The number of fused-ring (bicyclic) bond motifs is 2. The molecule has 0 radical (unpaired) electrons. The van der Waals surface area contributed by atoms with Gasteiger partial charge in [-0.2, -0.15) is 5.10 Å². The van der Waals surface area contributed by atoms with E-state index in [1.807, 2.05) is 36.5 Å². The molecule has 7 heteroatoms. The second-order valence-corrected chi connectivity index (χ2v) is 8.16. The van der Waals surface area contributed by atoms with Gasteiger partial charge in [0.1, 0.15) is 5.75 Å². The number of benzene rings is 1. The lowest BCUT2D eigenvalue weighted by molar-refractivity contribution is 0.219. The summed E-state index contributed by atoms with van der Waals surface area (Å²) in [4.78, 5) is 2.27. The molecule has 0 aliphatic carbocycles. The Balaban J connectivity index is 1.33. The number of piperidine rings is 2. The van der Waals surface area contributed by atoms with Gasteiger partial charge >= 0.3 is 0 Å². The second-order valence-electron chi connectivity index (χ2n) is 8.16. The van der Waals surface area contributed by atoms with E-state index in [2.05, 4.69) is 32.6 Å². The molecule has 2 aliphatic heterocycles. The lowest BCUT2D eigenvalue weighted by Gasteiger charge is -2.43. The van der Waals surface area contributed by atoms with Crippen molar-refractivity contribution in [1.82, 2.24) is 25.3 Å². The van der Waals surface area contributed by atoms with E-state index in [0.717, 1.165) is 24.3 Å². The fourth-order valence-corrected chi connectivity index (χ4v) is 4.70. The highest BCUT2D eigenvalue weighted by Gasteiger charge is 2.33. The number of anilines is 1. The summed E-state index contributed by atoms with van der Waals surface area (Å²) in [5.41, 5.74) is 2.13. The third kappa shape index (κ3) is 3.58. The molecule has 3 aromatic rings. The van der Waals surface area contributed by atoms with Gasteiger partial charge in [-0.1, -0.05) is 6.42 Å². The highest BCUT2D eigenvalue weighted by Crippen LogP contribution is 2.32. The van der Waals surface area contributed by atoms with E-state index in [0.29, 0.717) is 29.4 Å². The molecule has 2 aromatic heterocycles. The number of rotatable bonds is 4. The molecule has 0 spiro atoms. The van der Waals surface area contributed by atoms with Gasteiger partial charge in [0.05, 0.1) is 11.4 Å². The largest absolute Gasteiger partial charge is 0.507 e. The van der Waals surface area contributed by atoms with Crippen LogP contribution in [0, 0.1) is 0 Å². The lowest BCUT2D eigenvalue weighted by atomic mass is 9.83. The fourth-order valence-electron chi connectivity index (χ4n) is 4.70. The number of phenolic OH excluding ortho intramolecular Hbond substituents is 1. The molecule has 29 heavy (non-hydrogen) atoms. The highest BCUT2D eigenvalue weighted by molar-refractivity contribution is 5.69. The molecule has 150 valence electrons. The van der Waals surface area contributed by atoms with Crippen LogP contribution in [0.25, 0.3) is 16.9 Å². The standard InChI is InChI=1S/C22H26N6O/c1-27(18-12-15-4-2-5-16(13-18)24-15)22-9-8-20(25-26-22)19-7-6-17(14-21(19)29)28-11-3-10-23-28/h3,6-11,14-16,18,24,29H,2,4-5,12-13H2,1H3/t15-,16+,18-. The summed E-state index contributed by atoms with van der Waals surface area (Å²) in [6.45, 7) is 0. The number of nitrogens with one attached hydrogen (secondary N) is 1. The molecule has 0 amide bonds. The smallest absolute Gasteiger partial charge is 0.151 e. The van der Waals surface area contributed by atoms with Crippen LogP contribution in [-0.4, -0.2) is 50.3 Å². The second kappa shape index (κ2) is 7.48. The lowest BCUT2D eigenvalue weighted by Crippen LogP contribution is -2.54. The van der Waals surface area contributed by atoms with Gasteiger partial charge in [0, 0.05) is 49.2 Å². The van der Waals surface area contributed by atoms with Crippen LogP contribution in [-0.2, 0) is 0 Å². The molecule has 2 aliphatic rings. The van der Waals surface area contributed by atoms with Crippen LogP contribution in [0.3, 0.4) is 0 Å². The first kappa shape index (κ1) is 18.1. The number of phenols is 1. The number of aromatic hydroxyl groups is 1. The van der Waals surface area contributed by atoms with Crippen molar-refractivity contribution in [1.29, 1.82) is 0 Å². The van der Waals surface area contributed by atoms with Crippen LogP contribution in [0.1, 0.15) is 32.1 Å². The zero-order chi connectivity index (χ0) is 19.8. The molecule has 3 atom stereocenters. The van der Waals surface area contributed by atoms with Crippen LogP contribution in [0.4, 0.5) is 5.82 Å². The van der Waals surface area contributed by atoms with Gasteiger partial charge in [0.15, 0.2) is 5.82 Å². The first-order chi connectivity index (χ1) is 14.2. The van der Waals surface area contributed by atoms with E-state index < -0.39 is 0 Å². The van der Waals surface area contributed by atoms with E-state index in [-0.39, 0.29) is 5.75 Å². The van der Waals surface area contributed by atoms with Crippen molar-refractivity contribution in [3.8, 4) is 22.7 Å². The average molecular weight is 390 g/mol. The first-order valence-electron chi connectivity index (χ1n) is 10.3. The summed E-state index contributed by atoms with van der Waals surface area (Å²) < 4.78 is 1.71. The number of hydrogen-bond donors (Lipinski definition) is 2. The number of hydrogen-bond acceptors (Lipinski definition) is 6. The third-order valence-corrected chi connectivity index (χ3v) is 6.28. The summed E-state index contributed by atoms with van der Waals surface area (Å²) in [5, 5.41) is 27.3. The summed E-state index contributed by atoms with van der Waals surface area (Å²) >= 11 is 0. The summed E-state index contributed by atoms with van der Waals surface area (Å²) in [6.07, 6.45) is 9.77. The molecule has 0 saturated carbocycles. The zero-order valence-electron chi connectivity index (χ0n) is 16.6. The van der Waals surface area contributed by atoms with E-state index in [1.165, 1.54) is 19.3 Å². The molecule has 2 fully saturated rings. The SMILES string of the molecule is CN(c1ccc(-c2ccc(-n3cccn3)cc2O)nn1)[C@@H]1C[C@H]2CCC[C@@H](C1)N2. The predicted molar refractivity (Wildman–Crippen MR) is 112 cm³/mol. The molecule has 1 aromatic carbocycles. The van der Waals surface area contributed by atoms with Gasteiger partial charge in [-0.3, -0.25) is 0 Å². The van der Waals surface area contributed by atoms with E-state index in [9.17, 15) is 5.11 Å². The van der Waals surface area contributed by atoms with Gasteiger partial charge in [0.2, 0.25) is 0 Å². The molecular weight excluding hydrogens is 364 g/mol. The minimum absolute atomic E-state index is 0.166. The Bertz CT molecular complexity index is 959. The quantitative estimate of drug-likeness (QED) is 0.713. The Labute approximate surface area is 170 Å². The normalized spacial score (nSPS) is 23.7. The Morgan fingerprint density at radius 2 is 1.93 bits per heavy atom. The van der Waals surface area contributed by atoms with Crippen molar-refractivity contribution < 1.29 is 5.11 Å². The Morgan fingerprint density at radius 3 is 2.59 bits per heavy atom. The van der Waals surface area contributed by atoms with Crippen LogP contribution >= 0.6 is 0 Å².